The maximum absolute atomic E-state index is 5.12. The lowest BCUT2D eigenvalue weighted by Gasteiger charge is -2.36. The molecule has 0 aromatic heterocycles. The molecule has 0 radical (unpaired) electrons. The normalized spacial score (nSPS) is 30.1. The van der Waals surface area contributed by atoms with Crippen LogP contribution in [0.4, 0.5) is 0 Å². The lowest BCUT2D eigenvalue weighted by atomic mass is 9.82. The molecule has 0 aromatic rings. The van der Waals surface area contributed by atoms with Crippen LogP contribution in [-0.2, 0) is 0 Å². The van der Waals surface area contributed by atoms with Crippen LogP contribution in [0.25, 0.3) is 0 Å². The number of nitrogens with zero attached hydrogens (tertiary/aromatic N) is 1. The second-order valence-electron chi connectivity index (χ2n) is 4.47. The van der Waals surface area contributed by atoms with E-state index in [-0.39, 0.29) is 11.1 Å². The van der Waals surface area contributed by atoms with E-state index < -0.39 is 0 Å². The number of aliphatic imine (C=N–C) groups is 1. The van der Waals surface area contributed by atoms with E-state index in [9.17, 15) is 0 Å². The standard InChI is InChI=1S/C9H16N2S/c1-6-7(12)11-9(5,10-6)8(2,3)4/h1-5H3,(H,11,12). The van der Waals surface area contributed by atoms with Gasteiger partial charge >= 0.3 is 0 Å². The Labute approximate surface area is 79.5 Å². The minimum atomic E-state index is -0.228. The Morgan fingerprint density at radius 1 is 1.42 bits per heavy atom. The second kappa shape index (κ2) is 2.52. The van der Waals surface area contributed by atoms with Crippen molar-refractivity contribution in [2.45, 2.75) is 40.3 Å². The molecule has 0 spiro atoms. The van der Waals surface area contributed by atoms with Gasteiger partial charge < -0.3 is 5.32 Å². The molecule has 1 aliphatic rings. The van der Waals surface area contributed by atoms with Crippen LogP contribution >= 0.6 is 12.2 Å². The number of nitrogens with one attached hydrogen (secondary N) is 1. The molecule has 0 saturated carbocycles. The molecule has 0 amide bonds. The smallest absolute Gasteiger partial charge is 0.132 e. The predicted octanol–water partition coefficient (Wildman–Crippen LogP) is 2.14. The number of hydrogen-bond acceptors (Lipinski definition) is 2. The molecule has 0 aromatic carbocycles. The number of hydrogen-bond donors (Lipinski definition) is 1. The molecule has 0 saturated heterocycles. The summed E-state index contributed by atoms with van der Waals surface area (Å²) in [5, 5.41) is 3.25. The summed E-state index contributed by atoms with van der Waals surface area (Å²) in [5.41, 5.74) is 0.811. The molecule has 68 valence electrons. The predicted molar refractivity (Wildman–Crippen MR) is 56.7 cm³/mol. The zero-order chi connectivity index (χ0) is 9.57. The number of thiocarbonyl (C=S) groups is 1. The van der Waals surface area contributed by atoms with Gasteiger partial charge in [-0.3, -0.25) is 4.99 Å². The largest absolute Gasteiger partial charge is 0.351 e. The SMILES string of the molecule is CC1=NC(C)(C(C)(C)C)NC1=S. The van der Waals surface area contributed by atoms with Gasteiger partial charge in [0.1, 0.15) is 10.7 Å². The van der Waals surface area contributed by atoms with Crippen LogP contribution in [0.3, 0.4) is 0 Å². The van der Waals surface area contributed by atoms with Crippen molar-refractivity contribution in [2.75, 3.05) is 0 Å². The van der Waals surface area contributed by atoms with Crippen molar-refractivity contribution >= 4 is 22.9 Å². The molecular weight excluding hydrogens is 168 g/mol. The highest BCUT2D eigenvalue weighted by atomic mass is 32.1. The van der Waals surface area contributed by atoms with E-state index in [4.69, 9.17) is 12.2 Å². The lowest BCUT2D eigenvalue weighted by Crippen LogP contribution is -2.49. The Morgan fingerprint density at radius 2 is 1.92 bits per heavy atom. The zero-order valence-electron chi connectivity index (χ0n) is 8.36. The molecule has 1 rings (SSSR count). The van der Waals surface area contributed by atoms with Crippen molar-refractivity contribution in [2.24, 2.45) is 10.4 Å². The Hall–Kier alpha value is -0.440. The molecule has 1 heterocycles. The molecule has 0 bridgehead atoms. The van der Waals surface area contributed by atoms with Crippen LogP contribution in [0.5, 0.6) is 0 Å². The van der Waals surface area contributed by atoms with Crippen LogP contribution in [0.1, 0.15) is 34.6 Å². The molecule has 0 fully saturated rings. The van der Waals surface area contributed by atoms with E-state index in [1.807, 2.05) is 6.92 Å². The van der Waals surface area contributed by atoms with Gasteiger partial charge in [-0.1, -0.05) is 33.0 Å². The van der Waals surface area contributed by atoms with Gasteiger partial charge in [0, 0.05) is 5.41 Å². The van der Waals surface area contributed by atoms with Crippen LogP contribution < -0.4 is 5.32 Å². The van der Waals surface area contributed by atoms with Gasteiger partial charge in [-0.15, -0.1) is 0 Å². The third kappa shape index (κ3) is 1.38. The van der Waals surface area contributed by atoms with Crippen LogP contribution in [0.2, 0.25) is 0 Å². The van der Waals surface area contributed by atoms with E-state index in [1.54, 1.807) is 0 Å². The summed E-state index contributed by atoms with van der Waals surface area (Å²) in [6, 6.07) is 0. The highest BCUT2D eigenvalue weighted by Crippen LogP contribution is 2.33. The van der Waals surface area contributed by atoms with E-state index in [2.05, 4.69) is 38.0 Å². The summed E-state index contributed by atoms with van der Waals surface area (Å²) >= 11 is 5.12. The number of rotatable bonds is 0. The van der Waals surface area contributed by atoms with Crippen molar-refractivity contribution in [3.8, 4) is 0 Å². The Morgan fingerprint density at radius 3 is 2.08 bits per heavy atom. The highest BCUT2D eigenvalue weighted by molar-refractivity contribution is 7.82. The molecule has 1 atom stereocenters. The highest BCUT2D eigenvalue weighted by Gasteiger charge is 2.41. The zero-order valence-corrected chi connectivity index (χ0v) is 9.17. The Bertz CT molecular complexity index is 250. The Balaban J connectivity index is 3.00. The molecule has 2 nitrogen and oxygen atoms in total. The van der Waals surface area contributed by atoms with Gasteiger partial charge in [-0.05, 0) is 13.8 Å². The van der Waals surface area contributed by atoms with Gasteiger partial charge in [-0.2, -0.15) is 0 Å². The average Bonchev–Trinajstić information content (AvgIpc) is 2.06. The van der Waals surface area contributed by atoms with Crippen LogP contribution in [0, 0.1) is 5.41 Å². The van der Waals surface area contributed by atoms with Crippen molar-refractivity contribution < 1.29 is 0 Å². The van der Waals surface area contributed by atoms with Crippen molar-refractivity contribution in [3.63, 3.8) is 0 Å². The summed E-state index contributed by atoms with van der Waals surface area (Å²) < 4.78 is 0. The fourth-order valence-corrected chi connectivity index (χ4v) is 1.33. The first-order valence-electron chi connectivity index (χ1n) is 4.15. The second-order valence-corrected chi connectivity index (χ2v) is 4.88. The van der Waals surface area contributed by atoms with E-state index >= 15 is 0 Å². The summed E-state index contributed by atoms with van der Waals surface area (Å²) in [4.78, 5) is 5.32. The van der Waals surface area contributed by atoms with Crippen molar-refractivity contribution in [1.29, 1.82) is 0 Å². The van der Waals surface area contributed by atoms with Gasteiger partial charge in [-0.25, -0.2) is 0 Å². The summed E-state index contributed by atoms with van der Waals surface area (Å²) in [7, 11) is 0. The minimum Gasteiger partial charge on any atom is -0.351 e. The van der Waals surface area contributed by atoms with Crippen molar-refractivity contribution in [1.82, 2.24) is 5.32 Å². The Kier molecular flexibility index (Phi) is 2.03. The first-order chi connectivity index (χ1) is 5.26. The van der Waals surface area contributed by atoms with E-state index in [0.717, 1.165) is 10.7 Å². The summed E-state index contributed by atoms with van der Waals surface area (Å²) in [6.45, 7) is 10.5. The average molecular weight is 184 g/mol. The first kappa shape index (κ1) is 9.65. The maximum atomic E-state index is 5.12. The van der Waals surface area contributed by atoms with Gasteiger partial charge in [0.15, 0.2) is 0 Å². The first-order valence-corrected chi connectivity index (χ1v) is 4.56. The van der Waals surface area contributed by atoms with Gasteiger partial charge in [0.05, 0.1) is 5.71 Å². The van der Waals surface area contributed by atoms with Crippen LogP contribution in [-0.4, -0.2) is 16.4 Å². The monoisotopic (exact) mass is 184 g/mol. The van der Waals surface area contributed by atoms with E-state index in [0.29, 0.717) is 0 Å². The maximum Gasteiger partial charge on any atom is 0.132 e. The van der Waals surface area contributed by atoms with E-state index in [1.165, 1.54) is 0 Å². The van der Waals surface area contributed by atoms with Gasteiger partial charge in [0.2, 0.25) is 0 Å². The van der Waals surface area contributed by atoms with Crippen LogP contribution in [0.15, 0.2) is 4.99 Å². The molecule has 1 N–H and O–H groups in total. The molecule has 1 aliphatic heterocycles. The fraction of sp³-hybridized carbons (Fsp3) is 0.778. The minimum absolute atomic E-state index is 0.0921. The molecule has 1 unspecified atom stereocenters. The fourth-order valence-electron chi connectivity index (χ4n) is 1.08. The third-order valence-corrected chi connectivity index (χ3v) is 2.93. The third-order valence-electron chi connectivity index (χ3n) is 2.54. The summed E-state index contributed by atoms with van der Waals surface area (Å²) in [6.07, 6.45) is 0. The molecule has 0 aliphatic carbocycles. The quantitative estimate of drug-likeness (QED) is 0.583. The molecular formula is C9H16N2S. The molecule has 3 heteroatoms. The topological polar surface area (TPSA) is 24.4 Å². The molecule has 12 heavy (non-hydrogen) atoms. The lowest BCUT2D eigenvalue weighted by molar-refractivity contribution is 0.200. The van der Waals surface area contributed by atoms with Crippen molar-refractivity contribution in [3.05, 3.63) is 0 Å². The summed E-state index contributed by atoms with van der Waals surface area (Å²) in [5.74, 6) is 0. The van der Waals surface area contributed by atoms with Gasteiger partial charge in [0.25, 0.3) is 0 Å².